The molecule has 5 rings (SSSR count). The summed E-state index contributed by atoms with van der Waals surface area (Å²) in [5.74, 6) is 2.10. The number of nitrogens with one attached hydrogen (secondary N) is 2. The van der Waals surface area contributed by atoms with Crippen LogP contribution in [0.3, 0.4) is 0 Å². The Balaban J connectivity index is 1.61. The fourth-order valence-electron chi connectivity index (χ4n) is 5.15. The van der Waals surface area contributed by atoms with Crippen LogP contribution in [0.5, 0.6) is 11.5 Å². The number of amides is 1. The van der Waals surface area contributed by atoms with Crippen LogP contribution in [0.25, 0.3) is 22.3 Å². The summed E-state index contributed by atoms with van der Waals surface area (Å²) in [5.41, 5.74) is 0.989. The third kappa shape index (κ3) is 5.99. The molecule has 4 atom stereocenters. The zero-order valence-electron chi connectivity index (χ0n) is 23.2. The molecule has 1 aromatic carbocycles. The summed E-state index contributed by atoms with van der Waals surface area (Å²) in [5, 5.41) is 7.61. The summed E-state index contributed by atoms with van der Waals surface area (Å²) in [6.45, 7) is 9.62. The van der Waals surface area contributed by atoms with Gasteiger partial charge in [0, 0.05) is 24.5 Å². The number of ether oxygens (including phenoxy) is 4. The third-order valence-electron chi connectivity index (χ3n) is 7.01. The molecule has 2 aliphatic rings. The maximum absolute atomic E-state index is 11.9. The third-order valence-corrected chi connectivity index (χ3v) is 7.76. The maximum atomic E-state index is 11.9. The number of carbonyl (C=O) groups excluding carboxylic acids is 1. The number of nitrogens with zero attached hydrogens (tertiary/aromatic N) is 4. The lowest BCUT2D eigenvalue weighted by atomic mass is 10.1. The minimum absolute atomic E-state index is 0.0133. The van der Waals surface area contributed by atoms with Crippen LogP contribution in [0.2, 0.25) is 10.0 Å². The molecular formula is C28H32Cl2N6O5. The second kappa shape index (κ2) is 12.2. The molecular weight excluding hydrogens is 571 g/mol. The number of morpholine rings is 1. The first-order valence-corrected chi connectivity index (χ1v) is 13.9. The van der Waals surface area contributed by atoms with Gasteiger partial charge >= 0.3 is 0 Å². The monoisotopic (exact) mass is 602 g/mol. The van der Waals surface area contributed by atoms with Gasteiger partial charge in [0.2, 0.25) is 5.91 Å². The van der Waals surface area contributed by atoms with Gasteiger partial charge in [0.1, 0.15) is 23.1 Å². The Morgan fingerprint density at radius 2 is 1.73 bits per heavy atom. The smallest absolute Gasteiger partial charge is 0.243 e. The molecule has 4 heterocycles. The van der Waals surface area contributed by atoms with Crippen molar-refractivity contribution in [3.05, 3.63) is 41.0 Å². The molecule has 0 radical (unpaired) electrons. The molecule has 2 aliphatic heterocycles. The van der Waals surface area contributed by atoms with Crippen molar-refractivity contribution in [2.45, 2.75) is 38.1 Å². The predicted molar refractivity (Wildman–Crippen MR) is 158 cm³/mol. The zero-order valence-corrected chi connectivity index (χ0v) is 24.8. The summed E-state index contributed by atoms with van der Waals surface area (Å²) < 4.78 is 22.5. The lowest BCUT2D eigenvalue weighted by Gasteiger charge is -2.36. The molecule has 41 heavy (non-hydrogen) atoms. The van der Waals surface area contributed by atoms with Crippen LogP contribution in [0, 0.1) is 0 Å². The first-order chi connectivity index (χ1) is 19.7. The zero-order chi connectivity index (χ0) is 29.3. The average molecular weight is 604 g/mol. The number of anilines is 2. The van der Waals surface area contributed by atoms with Gasteiger partial charge in [-0.2, -0.15) is 0 Å². The number of methoxy groups -OCH3 is 2. The number of hydrogen-bond acceptors (Lipinski definition) is 10. The second-order valence-corrected chi connectivity index (χ2v) is 10.8. The summed E-state index contributed by atoms with van der Waals surface area (Å²) >= 11 is 13.5. The summed E-state index contributed by atoms with van der Waals surface area (Å²) in [4.78, 5) is 28.5. The van der Waals surface area contributed by atoms with Gasteiger partial charge in [-0.05, 0) is 26.0 Å². The predicted octanol–water partition coefficient (Wildman–Crippen LogP) is 4.11. The van der Waals surface area contributed by atoms with Crippen LogP contribution in [0.1, 0.15) is 13.8 Å². The topological polar surface area (TPSA) is 120 Å². The number of pyridine rings is 1. The van der Waals surface area contributed by atoms with E-state index in [2.05, 4.69) is 27.1 Å². The van der Waals surface area contributed by atoms with Crippen molar-refractivity contribution in [3.63, 3.8) is 0 Å². The van der Waals surface area contributed by atoms with E-state index in [0.29, 0.717) is 66.3 Å². The lowest BCUT2D eigenvalue weighted by Crippen LogP contribution is -2.46. The number of hydrogen-bond donors (Lipinski definition) is 2. The van der Waals surface area contributed by atoms with Crippen molar-refractivity contribution in [2.24, 2.45) is 0 Å². The van der Waals surface area contributed by atoms with Crippen LogP contribution in [0.4, 0.5) is 11.6 Å². The molecule has 11 nitrogen and oxygen atoms in total. The summed E-state index contributed by atoms with van der Waals surface area (Å²) in [6, 6.07) is 3.11. The minimum atomic E-state index is -0.260. The van der Waals surface area contributed by atoms with Gasteiger partial charge < -0.3 is 34.5 Å². The molecule has 0 saturated carbocycles. The van der Waals surface area contributed by atoms with Gasteiger partial charge in [-0.25, -0.2) is 15.0 Å². The van der Waals surface area contributed by atoms with Crippen molar-refractivity contribution >= 4 is 51.6 Å². The number of carbonyl (C=O) groups is 1. The Morgan fingerprint density at radius 3 is 2.37 bits per heavy atom. The van der Waals surface area contributed by atoms with Crippen molar-refractivity contribution in [2.75, 3.05) is 50.7 Å². The highest BCUT2D eigenvalue weighted by Gasteiger charge is 2.31. The molecule has 2 unspecified atom stereocenters. The molecule has 2 N–H and O–H groups in total. The maximum Gasteiger partial charge on any atom is 0.243 e. The second-order valence-electron chi connectivity index (χ2n) is 10.0. The fourth-order valence-corrected chi connectivity index (χ4v) is 5.82. The molecule has 2 fully saturated rings. The lowest BCUT2D eigenvalue weighted by molar-refractivity contribution is -0.117. The average Bonchev–Trinajstić information content (AvgIpc) is 3.38. The Bertz CT molecular complexity index is 1440. The van der Waals surface area contributed by atoms with Crippen molar-refractivity contribution in [1.29, 1.82) is 0 Å². The standard InChI is InChI=1S/C28H32Cl2N6O5/c1-6-23(37)33-19-13-40-12-18(19)32-22-7-16-17(9-31-22)34-27(35-28(16)36-10-14(2)41-15(3)11-36)24-25(29)20(38-4)8-21(39-5)26(24)30/h6-9,14-15,18-19H,1,10-13H2,2-5H3,(H,31,32)(H,33,37)/t14?,15?,18-,19+/m1/s1. The van der Waals surface area contributed by atoms with E-state index in [0.717, 1.165) is 5.39 Å². The highest BCUT2D eigenvalue weighted by atomic mass is 35.5. The van der Waals surface area contributed by atoms with E-state index < -0.39 is 0 Å². The number of halogens is 2. The van der Waals surface area contributed by atoms with E-state index in [4.69, 9.17) is 52.1 Å². The molecule has 0 aliphatic carbocycles. The van der Waals surface area contributed by atoms with E-state index >= 15 is 0 Å². The summed E-state index contributed by atoms with van der Waals surface area (Å²) in [6.07, 6.45) is 2.89. The van der Waals surface area contributed by atoms with Gasteiger partial charge in [-0.15, -0.1) is 0 Å². The summed E-state index contributed by atoms with van der Waals surface area (Å²) in [7, 11) is 3.03. The van der Waals surface area contributed by atoms with Gasteiger partial charge in [0.15, 0.2) is 5.82 Å². The molecule has 13 heteroatoms. The van der Waals surface area contributed by atoms with E-state index in [-0.39, 0.29) is 40.2 Å². The molecule has 1 amide bonds. The Morgan fingerprint density at radius 1 is 1.07 bits per heavy atom. The highest BCUT2D eigenvalue weighted by Crippen LogP contribution is 2.46. The number of rotatable bonds is 8. The number of fused-ring (bicyclic) bond motifs is 1. The fraction of sp³-hybridized carbons (Fsp3) is 0.429. The van der Waals surface area contributed by atoms with Crippen molar-refractivity contribution in [1.82, 2.24) is 20.3 Å². The minimum Gasteiger partial charge on any atom is -0.495 e. The number of benzene rings is 1. The molecule has 3 aromatic rings. The van der Waals surface area contributed by atoms with Crippen LogP contribution in [-0.4, -0.2) is 85.7 Å². The van der Waals surface area contributed by atoms with Crippen LogP contribution in [-0.2, 0) is 14.3 Å². The first-order valence-electron chi connectivity index (χ1n) is 13.2. The molecule has 218 valence electrons. The van der Waals surface area contributed by atoms with E-state index in [1.807, 2.05) is 19.9 Å². The molecule has 2 saturated heterocycles. The van der Waals surface area contributed by atoms with Crippen LogP contribution < -0.4 is 25.0 Å². The Hall–Kier alpha value is -3.38. The SMILES string of the molecule is C=CC(=O)N[C@H]1COC[C@H]1Nc1cc2c(N3CC(C)OC(C)C3)nc(-c3c(Cl)c(OC)cc(OC)c3Cl)nc2cn1. The van der Waals surface area contributed by atoms with Crippen LogP contribution in [0.15, 0.2) is 31.0 Å². The largest absolute Gasteiger partial charge is 0.495 e. The molecule has 2 aromatic heterocycles. The van der Waals surface area contributed by atoms with E-state index in [1.165, 1.54) is 20.3 Å². The van der Waals surface area contributed by atoms with Gasteiger partial charge in [0.05, 0.1) is 79.0 Å². The van der Waals surface area contributed by atoms with E-state index in [1.54, 1.807) is 12.3 Å². The number of aromatic nitrogens is 3. The quantitative estimate of drug-likeness (QED) is 0.364. The highest BCUT2D eigenvalue weighted by molar-refractivity contribution is 6.41. The molecule has 0 bridgehead atoms. The first kappa shape index (κ1) is 29.1. The van der Waals surface area contributed by atoms with Crippen molar-refractivity contribution in [3.8, 4) is 22.9 Å². The van der Waals surface area contributed by atoms with Gasteiger partial charge in [-0.3, -0.25) is 4.79 Å². The Labute approximate surface area is 248 Å². The van der Waals surface area contributed by atoms with E-state index in [9.17, 15) is 4.79 Å². The normalized spacial score (nSPS) is 22.4. The van der Waals surface area contributed by atoms with Gasteiger partial charge in [-0.1, -0.05) is 29.8 Å². The Kier molecular flexibility index (Phi) is 8.69. The molecule has 0 spiro atoms. The van der Waals surface area contributed by atoms with Crippen molar-refractivity contribution < 1.29 is 23.7 Å². The van der Waals surface area contributed by atoms with Gasteiger partial charge in [0.25, 0.3) is 0 Å². The van der Waals surface area contributed by atoms with Crippen LogP contribution >= 0.6 is 23.2 Å².